The molecule has 16 heavy (non-hydrogen) atoms. The summed E-state index contributed by atoms with van der Waals surface area (Å²) in [5.74, 6) is 1.17. The van der Waals surface area contributed by atoms with Gasteiger partial charge < -0.3 is 5.73 Å². The van der Waals surface area contributed by atoms with Crippen LogP contribution in [0.15, 0.2) is 23.5 Å². The minimum absolute atomic E-state index is 0.414. The molecule has 0 radical (unpaired) electrons. The number of nitrogens with two attached hydrogens (primary N) is 1. The van der Waals surface area contributed by atoms with Gasteiger partial charge in [-0.15, -0.1) is 10.2 Å². The molecule has 0 amide bonds. The number of aromatic nitrogens is 4. The summed E-state index contributed by atoms with van der Waals surface area (Å²) in [6, 6.07) is 3.70. The Kier molecular flexibility index (Phi) is 3.31. The number of thioether (sulfide) groups is 1. The molecule has 2 aromatic heterocycles. The summed E-state index contributed by atoms with van der Waals surface area (Å²) < 4.78 is 1.74. The molecule has 0 aromatic carbocycles. The fraction of sp³-hybridized carbons (Fsp3) is 0.222. The van der Waals surface area contributed by atoms with Crippen molar-refractivity contribution in [3.8, 4) is 0 Å². The number of halogens is 1. The average molecular weight is 256 g/mol. The van der Waals surface area contributed by atoms with Crippen LogP contribution in [-0.2, 0) is 12.8 Å². The average Bonchev–Trinajstić information content (AvgIpc) is 2.60. The number of hydrogen-bond donors (Lipinski definition) is 1. The monoisotopic (exact) mass is 255 g/mol. The molecule has 2 heterocycles. The van der Waals surface area contributed by atoms with Gasteiger partial charge in [0.05, 0.1) is 0 Å². The molecule has 84 valence electrons. The molecule has 0 unspecified atom stereocenters. The zero-order valence-electron chi connectivity index (χ0n) is 8.59. The predicted molar refractivity (Wildman–Crippen MR) is 64.2 cm³/mol. The van der Waals surface area contributed by atoms with Gasteiger partial charge in [0.2, 0.25) is 5.95 Å². The van der Waals surface area contributed by atoms with E-state index in [-0.39, 0.29) is 0 Å². The van der Waals surface area contributed by atoms with E-state index in [9.17, 15) is 0 Å². The molecule has 0 saturated carbocycles. The highest BCUT2D eigenvalue weighted by Crippen LogP contribution is 2.21. The van der Waals surface area contributed by atoms with Crippen molar-refractivity contribution in [2.75, 3.05) is 5.73 Å². The maximum Gasteiger partial charge on any atom is 0.222 e. The van der Waals surface area contributed by atoms with E-state index in [0.29, 0.717) is 11.1 Å². The van der Waals surface area contributed by atoms with Gasteiger partial charge in [0.25, 0.3) is 0 Å². The lowest BCUT2D eigenvalue weighted by Crippen LogP contribution is -1.98. The van der Waals surface area contributed by atoms with E-state index in [0.717, 1.165) is 16.5 Å². The third-order valence-electron chi connectivity index (χ3n) is 2.03. The van der Waals surface area contributed by atoms with Crippen LogP contribution in [0, 0.1) is 0 Å². The lowest BCUT2D eigenvalue weighted by molar-refractivity contribution is 0.796. The van der Waals surface area contributed by atoms with Gasteiger partial charge in [-0.05, 0) is 11.6 Å². The smallest absolute Gasteiger partial charge is 0.222 e. The van der Waals surface area contributed by atoms with Gasteiger partial charge in [0, 0.05) is 19.0 Å². The Morgan fingerprint density at radius 3 is 2.81 bits per heavy atom. The topological polar surface area (TPSA) is 69.6 Å². The summed E-state index contributed by atoms with van der Waals surface area (Å²) in [6.45, 7) is 0. The first kappa shape index (κ1) is 11.2. The molecule has 7 heteroatoms. The molecule has 0 bridgehead atoms. The van der Waals surface area contributed by atoms with Crippen molar-refractivity contribution in [3.63, 3.8) is 0 Å². The third kappa shape index (κ3) is 2.45. The van der Waals surface area contributed by atoms with Gasteiger partial charge in [-0.2, -0.15) is 0 Å². The number of nitrogen functional groups attached to an aromatic ring is 1. The van der Waals surface area contributed by atoms with E-state index in [4.69, 9.17) is 17.3 Å². The summed E-state index contributed by atoms with van der Waals surface area (Å²) >= 11 is 7.25. The zero-order valence-corrected chi connectivity index (χ0v) is 10.2. The Bertz CT molecular complexity index is 481. The zero-order chi connectivity index (χ0) is 11.5. The fourth-order valence-electron chi connectivity index (χ4n) is 1.09. The van der Waals surface area contributed by atoms with Crippen LogP contribution >= 0.6 is 23.4 Å². The molecule has 0 aliphatic heterocycles. The van der Waals surface area contributed by atoms with Crippen LogP contribution in [-0.4, -0.2) is 19.7 Å². The van der Waals surface area contributed by atoms with Crippen molar-refractivity contribution in [2.24, 2.45) is 7.05 Å². The van der Waals surface area contributed by atoms with Crippen molar-refractivity contribution in [3.05, 3.63) is 29.0 Å². The van der Waals surface area contributed by atoms with Gasteiger partial charge in [-0.25, -0.2) is 4.98 Å². The Morgan fingerprint density at radius 2 is 2.25 bits per heavy atom. The maximum atomic E-state index is 5.70. The quantitative estimate of drug-likeness (QED) is 0.668. The largest absolute Gasteiger partial charge is 0.368 e. The summed E-state index contributed by atoms with van der Waals surface area (Å²) in [5, 5.41) is 9.01. The normalized spacial score (nSPS) is 10.6. The van der Waals surface area contributed by atoms with Crippen molar-refractivity contribution in [2.45, 2.75) is 10.9 Å². The van der Waals surface area contributed by atoms with Crippen LogP contribution in [0.4, 0.5) is 5.95 Å². The SMILES string of the molecule is Cn1c(N)nnc1SCc1ccc(Cl)nc1. The highest BCUT2D eigenvalue weighted by molar-refractivity contribution is 7.98. The van der Waals surface area contributed by atoms with E-state index in [1.807, 2.05) is 13.1 Å². The second kappa shape index (κ2) is 4.71. The molecule has 0 fully saturated rings. The first-order chi connectivity index (χ1) is 7.66. The van der Waals surface area contributed by atoms with E-state index in [1.165, 1.54) is 0 Å². The van der Waals surface area contributed by atoms with Gasteiger partial charge in [0.15, 0.2) is 5.16 Å². The van der Waals surface area contributed by atoms with Crippen molar-refractivity contribution in [1.29, 1.82) is 0 Å². The summed E-state index contributed by atoms with van der Waals surface area (Å²) in [5.41, 5.74) is 6.66. The number of pyridine rings is 1. The second-order valence-corrected chi connectivity index (χ2v) is 4.51. The maximum absolute atomic E-state index is 5.70. The van der Waals surface area contributed by atoms with E-state index in [1.54, 1.807) is 28.6 Å². The highest BCUT2D eigenvalue weighted by atomic mass is 35.5. The number of anilines is 1. The van der Waals surface area contributed by atoms with Crippen molar-refractivity contribution >= 4 is 29.3 Å². The Morgan fingerprint density at radius 1 is 1.44 bits per heavy atom. The molecule has 0 spiro atoms. The standard InChI is InChI=1S/C9H10ClN5S/c1-15-8(11)13-14-9(15)16-5-6-2-3-7(10)12-4-6/h2-4H,5H2,1H3,(H2,11,13). The van der Waals surface area contributed by atoms with Crippen molar-refractivity contribution in [1.82, 2.24) is 19.7 Å². The van der Waals surface area contributed by atoms with Crippen LogP contribution in [0.25, 0.3) is 0 Å². The molecule has 2 rings (SSSR count). The highest BCUT2D eigenvalue weighted by Gasteiger charge is 2.06. The molecule has 2 N–H and O–H groups in total. The second-order valence-electron chi connectivity index (χ2n) is 3.18. The fourth-order valence-corrected chi connectivity index (χ4v) is 2.06. The van der Waals surface area contributed by atoms with Gasteiger partial charge in [-0.1, -0.05) is 29.4 Å². The molecule has 5 nitrogen and oxygen atoms in total. The lowest BCUT2D eigenvalue weighted by Gasteiger charge is -2.01. The van der Waals surface area contributed by atoms with E-state index in [2.05, 4.69) is 15.2 Å². The first-order valence-electron chi connectivity index (χ1n) is 4.55. The minimum Gasteiger partial charge on any atom is -0.368 e. The molecular weight excluding hydrogens is 246 g/mol. The lowest BCUT2D eigenvalue weighted by atomic mass is 10.3. The van der Waals surface area contributed by atoms with Crippen LogP contribution in [0.2, 0.25) is 5.15 Å². The predicted octanol–water partition coefficient (Wildman–Crippen LogP) is 1.74. The molecule has 2 aromatic rings. The Hall–Kier alpha value is -1.27. The summed E-state index contributed by atoms with van der Waals surface area (Å²) in [7, 11) is 1.83. The number of rotatable bonds is 3. The Labute approximate surface area is 102 Å². The Balaban J connectivity index is 2.02. The molecule has 0 aliphatic carbocycles. The van der Waals surface area contributed by atoms with Gasteiger partial charge in [-0.3, -0.25) is 4.57 Å². The number of nitrogens with zero attached hydrogens (tertiary/aromatic N) is 4. The molecule has 0 aliphatic rings. The van der Waals surface area contributed by atoms with E-state index < -0.39 is 0 Å². The third-order valence-corrected chi connectivity index (χ3v) is 3.34. The molecular formula is C9H10ClN5S. The van der Waals surface area contributed by atoms with Crippen LogP contribution < -0.4 is 5.73 Å². The number of hydrogen-bond acceptors (Lipinski definition) is 5. The van der Waals surface area contributed by atoms with Gasteiger partial charge >= 0.3 is 0 Å². The van der Waals surface area contributed by atoms with Crippen LogP contribution in [0.1, 0.15) is 5.56 Å². The first-order valence-corrected chi connectivity index (χ1v) is 5.91. The van der Waals surface area contributed by atoms with Crippen LogP contribution in [0.3, 0.4) is 0 Å². The van der Waals surface area contributed by atoms with Crippen LogP contribution in [0.5, 0.6) is 0 Å². The summed E-state index contributed by atoms with van der Waals surface area (Å²) in [6.07, 6.45) is 1.75. The van der Waals surface area contributed by atoms with E-state index >= 15 is 0 Å². The van der Waals surface area contributed by atoms with Crippen molar-refractivity contribution < 1.29 is 0 Å². The summed E-state index contributed by atoms with van der Waals surface area (Å²) in [4.78, 5) is 4.00. The van der Waals surface area contributed by atoms with Gasteiger partial charge in [0.1, 0.15) is 5.15 Å². The minimum atomic E-state index is 0.414. The molecule has 0 saturated heterocycles. The molecule has 0 atom stereocenters.